The van der Waals surface area contributed by atoms with Crippen molar-refractivity contribution < 1.29 is 14.3 Å². The first-order valence-corrected chi connectivity index (χ1v) is 6.18. The Morgan fingerprint density at radius 2 is 1.94 bits per heavy atom. The predicted molar refractivity (Wildman–Crippen MR) is 71.2 cm³/mol. The van der Waals surface area contributed by atoms with E-state index in [9.17, 15) is 4.79 Å². The van der Waals surface area contributed by atoms with E-state index in [1.807, 2.05) is 30.3 Å². The van der Waals surface area contributed by atoms with Crippen LogP contribution < -0.4 is 5.73 Å². The van der Waals surface area contributed by atoms with E-state index < -0.39 is 12.0 Å². The average molecular weight is 310 g/mol. The third kappa shape index (κ3) is 3.00. The van der Waals surface area contributed by atoms with Gasteiger partial charge in [0.15, 0.2) is 0 Å². The highest BCUT2D eigenvalue weighted by Crippen LogP contribution is 2.24. The fraction of sp³-hybridized carbons (Fsp3) is 0.154. The molecule has 3 N–H and O–H groups in total. The topological polar surface area (TPSA) is 76.5 Å². The molecule has 0 radical (unpaired) electrons. The summed E-state index contributed by atoms with van der Waals surface area (Å²) in [6, 6.07) is 10.3. The number of aliphatic carboxylic acids is 1. The number of halogens is 1. The van der Waals surface area contributed by atoms with Gasteiger partial charge >= 0.3 is 5.97 Å². The zero-order valence-corrected chi connectivity index (χ0v) is 11.1. The van der Waals surface area contributed by atoms with Gasteiger partial charge in [-0.3, -0.25) is 4.79 Å². The molecular weight excluding hydrogens is 298 g/mol. The molecule has 0 spiro atoms. The maximum atomic E-state index is 10.6. The summed E-state index contributed by atoms with van der Waals surface area (Å²) in [6.45, 7) is 0. The first kappa shape index (κ1) is 12.9. The summed E-state index contributed by atoms with van der Waals surface area (Å²) in [6.07, 6.45) is 0.186. The van der Waals surface area contributed by atoms with Crippen LogP contribution in [0.25, 0.3) is 11.3 Å². The van der Waals surface area contributed by atoms with Crippen LogP contribution in [0.3, 0.4) is 0 Å². The molecule has 2 rings (SSSR count). The molecule has 0 fully saturated rings. The van der Waals surface area contributed by atoms with Gasteiger partial charge in [0.05, 0.1) is 0 Å². The van der Waals surface area contributed by atoms with Gasteiger partial charge in [0.2, 0.25) is 0 Å². The minimum atomic E-state index is -1.03. The summed E-state index contributed by atoms with van der Waals surface area (Å²) in [5.41, 5.74) is 6.39. The minimum absolute atomic E-state index is 0.186. The summed E-state index contributed by atoms with van der Waals surface area (Å²) in [5, 5.41) is 8.73. The second-order valence-corrected chi connectivity index (χ2v) is 4.84. The number of carbonyl (C=O) groups is 1. The first-order valence-electron chi connectivity index (χ1n) is 5.39. The van der Waals surface area contributed by atoms with Crippen LogP contribution >= 0.6 is 15.9 Å². The number of hydrogen-bond donors (Lipinski definition) is 2. The molecule has 0 bridgehead atoms. The molecule has 18 heavy (non-hydrogen) atoms. The molecule has 1 aromatic heterocycles. The van der Waals surface area contributed by atoms with Gasteiger partial charge in [-0.25, -0.2) is 0 Å². The molecule has 5 heteroatoms. The lowest BCUT2D eigenvalue weighted by molar-refractivity contribution is -0.138. The molecule has 1 atom stereocenters. The Kier molecular flexibility index (Phi) is 3.84. The summed E-state index contributed by atoms with van der Waals surface area (Å²) >= 11 is 3.36. The zero-order valence-electron chi connectivity index (χ0n) is 9.47. The van der Waals surface area contributed by atoms with Gasteiger partial charge in [-0.2, -0.15) is 0 Å². The van der Waals surface area contributed by atoms with Gasteiger partial charge in [0, 0.05) is 16.5 Å². The SMILES string of the molecule is N[C@H](Cc1ccc(-c2ccc(Br)cc2)o1)C(=O)O. The van der Waals surface area contributed by atoms with Crippen LogP contribution in [0.2, 0.25) is 0 Å². The standard InChI is InChI=1S/C13H12BrNO3/c14-9-3-1-8(2-4-9)12-6-5-10(18-12)7-11(15)13(16)17/h1-6,11H,7,15H2,(H,16,17)/t11-/m1/s1. The molecule has 0 amide bonds. The maximum absolute atomic E-state index is 10.6. The van der Waals surface area contributed by atoms with E-state index in [1.165, 1.54) is 0 Å². The Balaban J connectivity index is 2.15. The predicted octanol–water partition coefficient (Wildman–Crippen LogP) is 2.66. The second kappa shape index (κ2) is 5.37. The average Bonchev–Trinajstić information content (AvgIpc) is 2.78. The highest BCUT2D eigenvalue weighted by Gasteiger charge is 2.14. The largest absolute Gasteiger partial charge is 0.480 e. The van der Waals surface area contributed by atoms with E-state index in [2.05, 4.69) is 15.9 Å². The zero-order chi connectivity index (χ0) is 13.1. The molecule has 2 aromatic rings. The van der Waals surface area contributed by atoms with Crippen molar-refractivity contribution in [1.82, 2.24) is 0 Å². The van der Waals surface area contributed by atoms with Crippen molar-refractivity contribution in [2.24, 2.45) is 5.73 Å². The number of furan rings is 1. The molecule has 0 saturated heterocycles. The number of hydrogen-bond acceptors (Lipinski definition) is 3. The first-order chi connectivity index (χ1) is 8.56. The van der Waals surface area contributed by atoms with Crippen molar-refractivity contribution in [1.29, 1.82) is 0 Å². The van der Waals surface area contributed by atoms with E-state index >= 15 is 0 Å². The van der Waals surface area contributed by atoms with Crippen LogP contribution in [0.4, 0.5) is 0 Å². The van der Waals surface area contributed by atoms with E-state index in [1.54, 1.807) is 6.07 Å². The number of nitrogens with two attached hydrogens (primary N) is 1. The number of rotatable bonds is 4. The van der Waals surface area contributed by atoms with Crippen molar-refractivity contribution in [3.63, 3.8) is 0 Å². The Morgan fingerprint density at radius 3 is 2.56 bits per heavy atom. The lowest BCUT2D eigenvalue weighted by atomic mass is 10.2. The van der Waals surface area contributed by atoms with Crippen molar-refractivity contribution in [2.75, 3.05) is 0 Å². The maximum Gasteiger partial charge on any atom is 0.320 e. The van der Waals surface area contributed by atoms with Gasteiger partial charge < -0.3 is 15.3 Å². The summed E-state index contributed by atoms with van der Waals surface area (Å²) < 4.78 is 6.56. The molecule has 0 aliphatic rings. The quantitative estimate of drug-likeness (QED) is 0.910. The Morgan fingerprint density at radius 1 is 1.28 bits per heavy atom. The van der Waals surface area contributed by atoms with E-state index in [-0.39, 0.29) is 6.42 Å². The van der Waals surface area contributed by atoms with Crippen LogP contribution in [0.5, 0.6) is 0 Å². The lowest BCUT2D eigenvalue weighted by Gasteiger charge is -2.03. The number of carboxylic acids is 1. The van der Waals surface area contributed by atoms with Crippen molar-refractivity contribution in [3.8, 4) is 11.3 Å². The molecule has 0 aliphatic carbocycles. The molecule has 1 aromatic carbocycles. The normalized spacial score (nSPS) is 12.3. The summed E-state index contributed by atoms with van der Waals surface area (Å²) in [7, 11) is 0. The van der Waals surface area contributed by atoms with Crippen LogP contribution in [0.1, 0.15) is 5.76 Å². The van der Waals surface area contributed by atoms with Crippen LogP contribution in [-0.4, -0.2) is 17.1 Å². The summed E-state index contributed by atoms with van der Waals surface area (Å²) in [4.78, 5) is 10.6. The molecular formula is C13H12BrNO3. The fourth-order valence-corrected chi connectivity index (χ4v) is 1.83. The van der Waals surface area contributed by atoms with E-state index in [0.29, 0.717) is 11.5 Å². The van der Waals surface area contributed by atoms with Crippen LogP contribution in [-0.2, 0) is 11.2 Å². The number of benzene rings is 1. The van der Waals surface area contributed by atoms with Gasteiger partial charge in [0.25, 0.3) is 0 Å². The molecule has 0 aliphatic heterocycles. The van der Waals surface area contributed by atoms with Gasteiger partial charge in [0.1, 0.15) is 17.6 Å². The van der Waals surface area contributed by atoms with Gasteiger partial charge in [-0.05, 0) is 24.3 Å². The highest BCUT2D eigenvalue weighted by molar-refractivity contribution is 9.10. The molecule has 0 saturated carbocycles. The van der Waals surface area contributed by atoms with Crippen LogP contribution in [0.15, 0.2) is 45.3 Å². The summed E-state index contributed by atoms with van der Waals surface area (Å²) in [5.74, 6) is 0.245. The monoisotopic (exact) mass is 309 g/mol. The molecule has 0 unspecified atom stereocenters. The van der Waals surface area contributed by atoms with E-state index in [0.717, 1.165) is 10.0 Å². The van der Waals surface area contributed by atoms with E-state index in [4.69, 9.17) is 15.3 Å². The Hall–Kier alpha value is -1.59. The molecule has 4 nitrogen and oxygen atoms in total. The molecule has 94 valence electrons. The van der Waals surface area contributed by atoms with Crippen LogP contribution in [0, 0.1) is 0 Å². The highest BCUT2D eigenvalue weighted by atomic mass is 79.9. The molecule has 1 heterocycles. The Bertz CT molecular complexity index is 548. The second-order valence-electron chi connectivity index (χ2n) is 3.92. The number of carboxylic acid groups (broad SMARTS) is 1. The fourth-order valence-electron chi connectivity index (χ4n) is 1.56. The minimum Gasteiger partial charge on any atom is -0.480 e. The van der Waals surface area contributed by atoms with Crippen molar-refractivity contribution in [3.05, 3.63) is 46.6 Å². The van der Waals surface area contributed by atoms with Crippen molar-refractivity contribution >= 4 is 21.9 Å². The third-order valence-corrected chi connectivity index (χ3v) is 3.06. The lowest BCUT2D eigenvalue weighted by Crippen LogP contribution is -2.32. The van der Waals surface area contributed by atoms with Crippen molar-refractivity contribution in [2.45, 2.75) is 12.5 Å². The van der Waals surface area contributed by atoms with Gasteiger partial charge in [-0.15, -0.1) is 0 Å². The van der Waals surface area contributed by atoms with Gasteiger partial charge in [-0.1, -0.05) is 28.1 Å². The third-order valence-electron chi connectivity index (χ3n) is 2.53. The smallest absolute Gasteiger partial charge is 0.320 e. The Labute approximate surface area is 113 Å².